The number of hydrogen-bond donors (Lipinski definition) is 1. The van der Waals surface area contributed by atoms with Crippen molar-refractivity contribution >= 4 is 5.69 Å². The van der Waals surface area contributed by atoms with Gasteiger partial charge in [-0.3, -0.25) is 0 Å². The van der Waals surface area contributed by atoms with Crippen LogP contribution in [0.2, 0.25) is 0 Å². The van der Waals surface area contributed by atoms with Gasteiger partial charge in [0.1, 0.15) is 11.9 Å². The molecule has 0 aliphatic rings. The molecule has 94 valence electrons. The Kier molecular flexibility index (Phi) is 4.24. The number of benzene rings is 2. The molecule has 2 heteroatoms. The maximum atomic E-state index is 5.90. The first-order chi connectivity index (χ1) is 8.75. The first-order valence-corrected chi connectivity index (χ1v) is 6.27. The summed E-state index contributed by atoms with van der Waals surface area (Å²) in [7, 11) is 0. The van der Waals surface area contributed by atoms with E-state index >= 15 is 0 Å². The molecule has 0 spiro atoms. The minimum Gasteiger partial charge on any atom is -0.489 e. The van der Waals surface area contributed by atoms with Crippen LogP contribution in [0.5, 0.6) is 5.75 Å². The van der Waals surface area contributed by atoms with E-state index < -0.39 is 0 Å². The molecule has 0 bridgehead atoms. The molecule has 1 atom stereocenters. The van der Waals surface area contributed by atoms with Crippen molar-refractivity contribution in [1.29, 1.82) is 0 Å². The van der Waals surface area contributed by atoms with Crippen LogP contribution in [0, 0.1) is 6.92 Å². The maximum Gasteiger partial charge on any atom is 0.122 e. The third-order valence-corrected chi connectivity index (χ3v) is 2.79. The van der Waals surface area contributed by atoms with E-state index in [1.54, 1.807) is 0 Å². The summed E-state index contributed by atoms with van der Waals surface area (Å²) in [5.41, 5.74) is 2.29. The van der Waals surface area contributed by atoms with Crippen molar-refractivity contribution in [3.05, 3.63) is 60.2 Å². The second-order valence-corrected chi connectivity index (χ2v) is 4.44. The summed E-state index contributed by atoms with van der Waals surface area (Å²) >= 11 is 0. The van der Waals surface area contributed by atoms with Crippen LogP contribution in [-0.4, -0.2) is 12.6 Å². The normalized spacial score (nSPS) is 11.9. The van der Waals surface area contributed by atoms with Gasteiger partial charge >= 0.3 is 0 Å². The molecule has 0 amide bonds. The number of aryl methyl sites for hydroxylation is 1. The molecule has 2 aromatic carbocycles. The monoisotopic (exact) mass is 241 g/mol. The van der Waals surface area contributed by atoms with Gasteiger partial charge in [0.05, 0.1) is 6.54 Å². The second kappa shape index (κ2) is 6.10. The van der Waals surface area contributed by atoms with Crippen LogP contribution in [0.1, 0.15) is 12.5 Å². The Morgan fingerprint density at radius 1 is 1.00 bits per heavy atom. The van der Waals surface area contributed by atoms with E-state index in [1.165, 1.54) is 5.56 Å². The van der Waals surface area contributed by atoms with Crippen LogP contribution in [0.3, 0.4) is 0 Å². The highest BCUT2D eigenvalue weighted by atomic mass is 16.5. The Bertz CT molecular complexity index is 481. The minimum absolute atomic E-state index is 0.131. The van der Waals surface area contributed by atoms with Gasteiger partial charge in [0.15, 0.2) is 0 Å². The Labute approximate surface area is 109 Å². The van der Waals surface area contributed by atoms with E-state index in [0.717, 1.165) is 18.0 Å². The average Bonchev–Trinajstić information content (AvgIpc) is 2.40. The predicted molar refractivity (Wildman–Crippen MR) is 76.2 cm³/mol. The molecule has 2 aromatic rings. The number of rotatable bonds is 5. The molecule has 18 heavy (non-hydrogen) atoms. The Balaban J connectivity index is 1.86. The molecule has 0 saturated heterocycles. The first kappa shape index (κ1) is 12.5. The zero-order valence-corrected chi connectivity index (χ0v) is 10.9. The summed E-state index contributed by atoms with van der Waals surface area (Å²) < 4.78 is 5.90. The summed E-state index contributed by atoms with van der Waals surface area (Å²) in [6.45, 7) is 4.92. The Hall–Kier alpha value is -1.96. The number of ether oxygens (including phenoxy) is 1. The van der Waals surface area contributed by atoms with E-state index in [0.29, 0.717) is 0 Å². The molecule has 1 unspecified atom stereocenters. The van der Waals surface area contributed by atoms with Gasteiger partial charge in [-0.1, -0.05) is 36.4 Å². The van der Waals surface area contributed by atoms with Crippen molar-refractivity contribution in [3.63, 3.8) is 0 Å². The van der Waals surface area contributed by atoms with Crippen LogP contribution < -0.4 is 10.1 Å². The van der Waals surface area contributed by atoms with Gasteiger partial charge in [0.2, 0.25) is 0 Å². The second-order valence-electron chi connectivity index (χ2n) is 4.44. The quantitative estimate of drug-likeness (QED) is 0.858. The van der Waals surface area contributed by atoms with E-state index in [2.05, 4.69) is 37.4 Å². The van der Waals surface area contributed by atoms with Gasteiger partial charge in [-0.2, -0.15) is 0 Å². The van der Waals surface area contributed by atoms with Crippen molar-refractivity contribution in [2.45, 2.75) is 20.0 Å². The molecule has 0 radical (unpaired) electrons. The van der Waals surface area contributed by atoms with Crippen LogP contribution in [0.25, 0.3) is 0 Å². The summed E-state index contributed by atoms with van der Waals surface area (Å²) in [6.07, 6.45) is 0.131. The lowest BCUT2D eigenvalue weighted by Crippen LogP contribution is -2.22. The highest BCUT2D eigenvalue weighted by molar-refractivity contribution is 5.42. The molecule has 2 nitrogen and oxygen atoms in total. The van der Waals surface area contributed by atoms with Crippen molar-refractivity contribution < 1.29 is 4.74 Å². The topological polar surface area (TPSA) is 21.3 Å². The van der Waals surface area contributed by atoms with E-state index in [4.69, 9.17) is 4.74 Å². The lowest BCUT2D eigenvalue weighted by Gasteiger charge is -2.17. The summed E-state index contributed by atoms with van der Waals surface area (Å²) in [4.78, 5) is 0. The van der Waals surface area contributed by atoms with E-state index in [9.17, 15) is 0 Å². The minimum atomic E-state index is 0.131. The fourth-order valence-electron chi connectivity index (χ4n) is 1.76. The van der Waals surface area contributed by atoms with Crippen molar-refractivity contribution in [2.75, 3.05) is 11.9 Å². The standard InChI is InChI=1S/C16H19NO/c1-13-8-6-7-11-16(13)18-14(2)12-17-15-9-4-3-5-10-15/h3-11,14,17H,12H2,1-2H3. The maximum absolute atomic E-state index is 5.90. The summed E-state index contributed by atoms with van der Waals surface area (Å²) in [5, 5.41) is 3.36. The van der Waals surface area contributed by atoms with Gasteiger partial charge in [0, 0.05) is 5.69 Å². The van der Waals surface area contributed by atoms with Crippen LogP contribution in [-0.2, 0) is 0 Å². The third-order valence-electron chi connectivity index (χ3n) is 2.79. The van der Waals surface area contributed by atoms with E-state index in [-0.39, 0.29) is 6.10 Å². The van der Waals surface area contributed by atoms with Gasteiger partial charge < -0.3 is 10.1 Å². The largest absolute Gasteiger partial charge is 0.489 e. The van der Waals surface area contributed by atoms with Gasteiger partial charge in [-0.05, 0) is 37.6 Å². The van der Waals surface area contributed by atoms with Crippen molar-refractivity contribution in [3.8, 4) is 5.75 Å². The number of anilines is 1. The van der Waals surface area contributed by atoms with Gasteiger partial charge in [0.25, 0.3) is 0 Å². The fourth-order valence-corrected chi connectivity index (χ4v) is 1.76. The lowest BCUT2D eigenvalue weighted by atomic mass is 10.2. The van der Waals surface area contributed by atoms with Crippen molar-refractivity contribution in [1.82, 2.24) is 0 Å². The van der Waals surface area contributed by atoms with Crippen LogP contribution in [0.15, 0.2) is 54.6 Å². The summed E-state index contributed by atoms with van der Waals surface area (Å²) in [5.74, 6) is 0.958. The number of para-hydroxylation sites is 2. The molecule has 0 saturated carbocycles. The molecule has 0 heterocycles. The smallest absolute Gasteiger partial charge is 0.122 e. The molecular formula is C16H19NO. The SMILES string of the molecule is Cc1ccccc1OC(C)CNc1ccccc1. The fraction of sp³-hybridized carbons (Fsp3) is 0.250. The van der Waals surface area contributed by atoms with Crippen LogP contribution in [0.4, 0.5) is 5.69 Å². The predicted octanol–water partition coefficient (Wildman–Crippen LogP) is 3.87. The Morgan fingerprint density at radius 2 is 1.67 bits per heavy atom. The molecule has 2 rings (SSSR count). The number of hydrogen-bond acceptors (Lipinski definition) is 2. The average molecular weight is 241 g/mol. The zero-order chi connectivity index (χ0) is 12.8. The molecule has 0 aliphatic heterocycles. The van der Waals surface area contributed by atoms with E-state index in [1.807, 2.05) is 36.4 Å². The van der Waals surface area contributed by atoms with Gasteiger partial charge in [-0.25, -0.2) is 0 Å². The molecule has 1 N–H and O–H groups in total. The molecule has 0 fully saturated rings. The highest BCUT2D eigenvalue weighted by Gasteiger charge is 2.05. The lowest BCUT2D eigenvalue weighted by molar-refractivity contribution is 0.233. The van der Waals surface area contributed by atoms with Crippen LogP contribution >= 0.6 is 0 Å². The zero-order valence-electron chi connectivity index (χ0n) is 10.9. The van der Waals surface area contributed by atoms with Gasteiger partial charge in [-0.15, -0.1) is 0 Å². The highest BCUT2D eigenvalue weighted by Crippen LogP contribution is 2.18. The third kappa shape index (κ3) is 3.52. The summed E-state index contributed by atoms with van der Waals surface area (Å²) in [6, 6.07) is 18.3. The molecule has 0 aromatic heterocycles. The Morgan fingerprint density at radius 3 is 2.39 bits per heavy atom. The molecular weight excluding hydrogens is 222 g/mol. The number of nitrogens with one attached hydrogen (secondary N) is 1. The van der Waals surface area contributed by atoms with Crippen molar-refractivity contribution in [2.24, 2.45) is 0 Å². The molecule has 0 aliphatic carbocycles. The first-order valence-electron chi connectivity index (χ1n) is 6.27.